The van der Waals surface area contributed by atoms with Crippen LogP contribution in [0.15, 0.2) is 6.20 Å². The molecule has 3 aliphatic rings. The van der Waals surface area contributed by atoms with Gasteiger partial charge in [-0.15, -0.1) is 0 Å². The van der Waals surface area contributed by atoms with Crippen molar-refractivity contribution in [3.05, 3.63) is 17.5 Å². The van der Waals surface area contributed by atoms with Gasteiger partial charge in [0.15, 0.2) is 0 Å². The molecule has 4 nitrogen and oxygen atoms in total. The molecule has 0 bridgehead atoms. The fourth-order valence-corrected chi connectivity index (χ4v) is 5.40. The van der Waals surface area contributed by atoms with E-state index >= 15 is 0 Å². The Kier molecular flexibility index (Phi) is 3.98. The van der Waals surface area contributed by atoms with Crippen LogP contribution in [0.3, 0.4) is 0 Å². The summed E-state index contributed by atoms with van der Waals surface area (Å²) in [5, 5.41) is 5.41. The van der Waals surface area contributed by atoms with E-state index in [0.29, 0.717) is 12.1 Å². The molecule has 2 heterocycles. The summed E-state index contributed by atoms with van der Waals surface area (Å²) in [6.45, 7) is 2.16. The molecule has 1 aromatic rings. The Labute approximate surface area is 131 Å². The standard InChI is InChI=1S/C16H26N4S/c17-13-4-3-5-14(8-13)19-10-12-9-18-20(16(12)11-19)21-15-6-1-2-7-15/h9,13-15H,1-8,10-11,17H2. The summed E-state index contributed by atoms with van der Waals surface area (Å²) in [4.78, 5) is 2.64. The number of nitrogens with zero attached hydrogens (tertiary/aromatic N) is 3. The molecule has 0 radical (unpaired) electrons. The third-order valence-corrected chi connectivity index (χ3v) is 6.68. The maximum Gasteiger partial charge on any atom is 0.0698 e. The van der Waals surface area contributed by atoms with Crippen molar-refractivity contribution >= 4 is 11.9 Å². The van der Waals surface area contributed by atoms with E-state index in [0.717, 1.165) is 18.3 Å². The van der Waals surface area contributed by atoms with E-state index < -0.39 is 0 Å². The summed E-state index contributed by atoms with van der Waals surface area (Å²) in [7, 11) is 0. The summed E-state index contributed by atoms with van der Waals surface area (Å²) < 4.78 is 2.23. The smallest absolute Gasteiger partial charge is 0.0698 e. The average molecular weight is 306 g/mol. The summed E-state index contributed by atoms with van der Waals surface area (Å²) in [6.07, 6.45) is 12.6. The van der Waals surface area contributed by atoms with Gasteiger partial charge in [-0.2, -0.15) is 5.10 Å². The highest BCUT2D eigenvalue weighted by atomic mass is 32.2. The van der Waals surface area contributed by atoms with Gasteiger partial charge in [0, 0.05) is 36.0 Å². The lowest BCUT2D eigenvalue weighted by Gasteiger charge is -2.33. The molecule has 0 aromatic carbocycles. The van der Waals surface area contributed by atoms with Gasteiger partial charge < -0.3 is 5.73 Å². The summed E-state index contributed by atoms with van der Waals surface area (Å²) in [6, 6.07) is 1.10. The van der Waals surface area contributed by atoms with Crippen LogP contribution in [-0.2, 0) is 13.1 Å². The minimum atomic E-state index is 0.414. The van der Waals surface area contributed by atoms with E-state index in [9.17, 15) is 0 Å². The van der Waals surface area contributed by atoms with Crippen LogP contribution >= 0.6 is 11.9 Å². The van der Waals surface area contributed by atoms with Crippen LogP contribution < -0.4 is 5.73 Å². The van der Waals surface area contributed by atoms with Gasteiger partial charge in [0.1, 0.15) is 0 Å². The first kappa shape index (κ1) is 14.1. The highest BCUT2D eigenvalue weighted by Crippen LogP contribution is 2.35. The summed E-state index contributed by atoms with van der Waals surface area (Å²) in [5.74, 6) is 0. The van der Waals surface area contributed by atoms with Gasteiger partial charge in [-0.3, -0.25) is 4.90 Å². The molecule has 2 N–H and O–H groups in total. The van der Waals surface area contributed by atoms with Crippen molar-refractivity contribution in [1.82, 2.24) is 14.1 Å². The number of fused-ring (bicyclic) bond motifs is 1. The third kappa shape index (κ3) is 2.88. The van der Waals surface area contributed by atoms with Crippen molar-refractivity contribution in [2.24, 2.45) is 5.73 Å². The minimum Gasteiger partial charge on any atom is -0.328 e. The molecule has 0 saturated heterocycles. The normalized spacial score (nSPS) is 30.9. The van der Waals surface area contributed by atoms with Crippen LogP contribution in [0.4, 0.5) is 0 Å². The van der Waals surface area contributed by atoms with E-state index in [1.165, 1.54) is 62.6 Å². The highest BCUT2D eigenvalue weighted by molar-refractivity contribution is 7.98. The molecule has 1 aromatic heterocycles. The van der Waals surface area contributed by atoms with Crippen molar-refractivity contribution in [2.75, 3.05) is 0 Å². The molecule has 1 aliphatic heterocycles. The fraction of sp³-hybridized carbons (Fsp3) is 0.812. The Morgan fingerprint density at radius 3 is 2.76 bits per heavy atom. The van der Waals surface area contributed by atoms with Crippen LogP contribution in [0.5, 0.6) is 0 Å². The maximum absolute atomic E-state index is 6.16. The second kappa shape index (κ2) is 5.94. The molecule has 2 fully saturated rings. The van der Waals surface area contributed by atoms with Crippen LogP contribution in [0.25, 0.3) is 0 Å². The number of hydrogen-bond donors (Lipinski definition) is 1. The number of rotatable bonds is 3. The molecule has 0 amide bonds. The number of nitrogens with two attached hydrogens (primary N) is 1. The van der Waals surface area contributed by atoms with E-state index in [2.05, 4.69) is 20.3 Å². The van der Waals surface area contributed by atoms with Crippen LogP contribution in [0.2, 0.25) is 0 Å². The zero-order chi connectivity index (χ0) is 14.2. The molecule has 2 unspecified atom stereocenters. The molecule has 116 valence electrons. The second-order valence-corrected chi connectivity index (χ2v) is 8.21. The Bertz CT molecular complexity index is 494. The average Bonchev–Trinajstić information content (AvgIpc) is 3.18. The lowest BCUT2D eigenvalue weighted by molar-refractivity contribution is 0.145. The number of hydrogen-bond acceptors (Lipinski definition) is 4. The highest BCUT2D eigenvalue weighted by Gasteiger charge is 2.32. The Morgan fingerprint density at radius 2 is 1.95 bits per heavy atom. The number of aromatic nitrogens is 2. The Hall–Kier alpha value is -0.520. The Balaban J connectivity index is 1.43. The molecule has 0 spiro atoms. The zero-order valence-electron chi connectivity index (χ0n) is 12.7. The largest absolute Gasteiger partial charge is 0.328 e. The Morgan fingerprint density at radius 1 is 1.10 bits per heavy atom. The molecule has 5 heteroatoms. The van der Waals surface area contributed by atoms with Crippen molar-refractivity contribution in [3.63, 3.8) is 0 Å². The van der Waals surface area contributed by atoms with Crippen LogP contribution in [0, 0.1) is 0 Å². The lowest BCUT2D eigenvalue weighted by atomic mass is 9.91. The van der Waals surface area contributed by atoms with E-state index in [-0.39, 0.29) is 0 Å². The molecular weight excluding hydrogens is 280 g/mol. The van der Waals surface area contributed by atoms with Crippen molar-refractivity contribution < 1.29 is 0 Å². The summed E-state index contributed by atoms with van der Waals surface area (Å²) in [5.41, 5.74) is 9.06. The molecular formula is C16H26N4S. The predicted octanol–water partition coefficient (Wildman–Crippen LogP) is 2.91. The van der Waals surface area contributed by atoms with E-state index in [1.54, 1.807) is 0 Å². The van der Waals surface area contributed by atoms with Gasteiger partial charge in [-0.1, -0.05) is 19.3 Å². The molecule has 2 saturated carbocycles. The first-order chi connectivity index (χ1) is 10.3. The first-order valence-electron chi connectivity index (χ1n) is 8.52. The second-order valence-electron chi connectivity index (χ2n) is 6.99. The van der Waals surface area contributed by atoms with Gasteiger partial charge in [0.2, 0.25) is 0 Å². The van der Waals surface area contributed by atoms with Gasteiger partial charge in [-0.05, 0) is 44.1 Å². The maximum atomic E-state index is 6.16. The molecule has 4 rings (SSSR count). The van der Waals surface area contributed by atoms with Gasteiger partial charge >= 0.3 is 0 Å². The molecule has 2 atom stereocenters. The topological polar surface area (TPSA) is 47.1 Å². The van der Waals surface area contributed by atoms with Gasteiger partial charge in [0.25, 0.3) is 0 Å². The summed E-state index contributed by atoms with van der Waals surface area (Å²) >= 11 is 1.97. The quantitative estimate of drug-likeness (QED) is 0.933. The van der Waals surface area contributed by atoms with E-state index in [4.69, 9.17) is 5.73 Å². The lowest BCUT2D eigenvalue weighted by Crippen LogP contribution is -2.40. The van der Waals surface area contributed by atoms with Crippen LogP contribution in [0.1, 0.15) is 62.6 Å². The molecule has 21 heavy (non-hydrogen) atoms. The molecule has 2 aliphatic carbocycles. The van der Waals surface area contributed by atoms with Gasteiger partial charge in [0.05, 0.1) is 11.9 Å². The first-order valence-corrected chi connectivity index (χ1v) is 9.36. The fourth-order valence-electron chi connectivity index (χ4n) is 4.17. The SMILES string of the molecule is NC1CCCC(N2Cc3cnn(SC4CCCC4)c3C2)C1. The minimum absolute atomic E-state index is 0.414. The predicted molar refractivity (Wildman–Crippen MR) is 87.0 cm³/mol. The van der Waals surface area contributed by atoms with E-state index in [1.807, 2.05) is 11.9 Å². The third-order valence-electron chi connectivity index (χ3n) is 5.40. The van der Waals surface area contributed by atoms with Gasteiger partial charge in [-0.25, -0.2) is 4.09 Å². The zero-order valence-corrected chi connectivity index (χ0v) is 13.5. The van der Waals surface area contributed by atoms with Crippen molar-refractivity contribution in [2.45, 2.75) is 81.8 Å². The monoisotopic (exact) mass is 306 g/mol. The van der Waals surface area contributed by atoms with Crippen molar-refractivity contribution in [3.8, 4) is 0 Å². The van der Waals surface area contributed by atoms with Crippen molar-refractivity contribution in [1.29, 1.82) is 0 Å². The van der Waals surface area contributed by atoms with Crippen LogP contribution in [-0.4, -0.2) is 31.4 Å².